The molecule has 0 saturated carbocycles. The summed E-state index contributed by atoms with van der Waals surface area (Å²) in [4.78, 5) is 20.3. The normalized spacial score (nSPS) is 22.2. The van der Waals surface area contributed by atoms with Crippen LogP contribution in [0.15, 0.2) is 4.99 Å². The number of ether oxygens (including phenoxy) is 2. The van der Waals surface area contributed by atoms with Crippen LogP contribution in [0.4, 0.5) is 0 Å². The molecular formula is C16H31IN4O3. The zero-order valence-corrected chi connectivity index (χ0v) is 17.3. The Morgan fingerprint density at radius 2 is 2.04 bits per heavy atom. The van der Waals surface area contributed by atoms with Gasteiger partial charge in [0.1, 0.15) is 6.54 Å². The average molecular weight is 454 g/mol. The molecule has 8 heteroatoms. The minimum atomic E-state index is 0. The van der Waals surface area contributed by atoms with E-state index in [1.807, 2.05) is 0 Å². The van der Waals surface area contributed by atoms with Crippen molar-refractivity contribution in [3.05, 3.63) is 0 Å². The van der Waals surface area contributed by atoms with Crippen LogP contribution < -0.4 is 5.32 Å². The summed E-state index contributed by atoms with van der Waals surface area (Å²) < 4.78 is 10.7. The molecule has 1 atom stereocenters. The lowest BCUT2D eigenvalue weighted by Gasteiger charge is -2.29. The van der Waals surface area contributed by atoms with Crippen LogP contribution in [-0.4, -0.2) is 88.4 Å². The van der Waals surface area contributed by atoms with Gasteiger partial charge in [0.15, 0.2) is 5.96 Å². The average Bonchev–Trinajstić information content (AvgIpc) is 3.01. The smallest absolute Gasteiger partial charge is 0.243 e. The highest BCUT2D eigenvalue weighted by Crippen LogP contribution is 2.17. The first-order valence-corrected chi connectivity index (χ1v) is 8.43. The quantitative estimate of drug-likeness (QED) is 0.378. The molecule has 1 amide bonds. The molecule has 2 heterocycles. The van der Waals surface area contributed by atoms with E-state index < -0.39 is 0 Å². The molecular weight excluding hydrogens is 423 g/mol. The maximum absolute atomic E-state index is 11.9. The number of amides is 1. The molecule has 0 spiro atoms. The molecule has 0 aromatic rings. The van der Waals surface area contributed by atoms with Gasteiger partial charge in [-0.15, -0.1) is 24.0 Å². The van der Waals surface area contributed by atoms with Gasteiger partial charge >= 0.3 is 0 Å². The first-order chi connectivity index (χ1) is 11.1. The van der Waals surface area contributed by atoms with Gasteiger partial charge < -0.3 is 24.6 Å². The van der Waals surface area contributed by atoms with E-state index in [-0.39, 0.29) is 36.4 Å². The van der Waals surface area contributed by atoms with Crippen molar-refractivity contribution in [1.29, 1.82) is 0 Å². The lowest BCUT2D eigenvalue weighted by atomic mass is 10.1. The van der Waals surface area contributed by atoms with Gasteiger partial charge in [0, 0.05) is 59.5 Å². The van der Waals surface area contributed by atoms with Gasteiger partial charge in [0.2, 0.25) is 5.91 Å². The molecule has 140 valence electrons. The van der Waals surface area contributed by atoms with Gasteiger partial charge in [-0.3, -0.25) is 4.79 Å². The van der Waals surface area contributed by atoms with Crippen molar-refractivity contribution < 1.29 is 14.3 Å². The first-order valence-electron chi connectivity index (χ1n) is 8.43. The van der Waals surface area contributed by atoms with Crippen LogP contribution in [-0.2, 0) is 14.3 Å². The molecule has 0 aromatic heterocycles. The van der Waals surface area contributed by atoms with Crippen LogP contribution in [0.5, 0.6) is 0 Å². The van der Waals surface area contributed by atoms with Crippen LogP contribution in [0.3, 0.4) is 0 Å². The number of aliphatic imine (C=N–C) groups is 1. The predicted molar refractivity (Wildman–Crippen MR) is 105 cm³/mol. The molecule has 0 bridgehead atoms. The molecule has 2 fully saturated rings. The van der Waals surface area contributed by atoms with Crippen molar-refractivity contribution >= 4 is 35.8 Å². The predicted octanol–water partition coefficient (Wildman–Crippen LogP) is 0.786. The Balaban J connectivity index is 0.00000288. The Bertz CT molecular complexity index is 414. The Labute approximate surface area is 162 Å². The fourth-order valence-electron chi connectivity index (χ4n) is 2.94. The van der Waals surface area contributed by atoms with Crippen LogP contribution in [0.2, 0.25) is 0 Å². The summed E-state index contributed by atoms with van der Waals surface area (Å²) >= 11 is 0. The van der Waals surface area contributed by atoms with Gasteiger partial charge in [-0.2, -0.15) is 0 Å². The fourth-order valence-corrected chi connectivity index (χ4v) is 2.94. The van der Waals surface area contributed by atoms with E-state index in [2.05, 4.69) is 15.2 Å². The highest BCUT2D eigenvalue weighted by molar-refractivity contribution is 14.0. The lowest BCUT2D eigenvalue weighted by Crippen LogP contribution is -2.47. The number of hydrogen-bond donors (Lipinski definition) is 1. The zero-order valence-electron chi connectivity index (χ0n) is 15.0. The molecule has 0 radical (unpaired) electrons. The summed E-state index contributed by atoms with van der Waals surface area (Å²) in [5, 5.41) is 3.54. The SMILES string of the molecule is COCC1CCN(C(=NCC(=O)N(C)C)NC2CCOCC2)C1.I. The molecule has 2 saturated heterocycles. The third-order valence-electron chi connectivity index (χ3n) is 4.41. The Hall–Kier alpha value is -0.610. The molecule has 2 aliphatic heterocycles. The van der Waals surface area contributed by atoms with Crippen LogP contribution in [0.25, 0.3) is 0 Å². The number of rotatable bonds is 5. The molecule has 0 aromatic carbocycles. The van der Waals surface area contributed by atoms with Crippen molar-refractivity contribution in [2.45, 2.75) is 25.3 Å². The number of carbonyl (C=O) groups is 1. The molecule has 1 unspecified atom stereocenters. The van der Waals surface area contributed by atoms with Gasteiger partial charge in [-0.25, -0.2) is 4.99 Å². The minimum absolute atomic E-state index is 0. The van der Waals surface area contributed by atoms with E-state index in [1.54, 1.807) is 26.1 Å². The minimum Gasteiger partial charge on any atom is -0.384 e. The second-order valence-corrected chi connectivity index (χ2v) is 6.52. The molecule has 0 aliphatic carbocycles. The van der Waals surface area contributed by atoms with E-state index in [0.717, 1.165) is 58.1 Å². The van der Waals surface area contributed by atoms with E-state index in [1.165, 1.54) is 0 Å². The molecule has 7 nitrogen and oxygen atoms in total. The van der Waals surface area contributed by atoms with E-state index in [4.69, 9.17) is 9.47 Å². The van der Waals surface area contributed by atoms with E-state index >= 15 is 0 Å². The van der Waals surface area contributed by atoms with Crippen molar-refractivity contribution in [1.82, 2.24) is 15.1 Å². The molecule has 2 aliphatic rings. The topological polar surface area (TPSA) is 66.4 Å². The van der Waals surface area contributed by atoms with Crippen molar-refractivity contribution in [2.75, 3.05) is 60.7 Å². The second-order valence-electron chi connectivity index (χ2n) is 6.52. The largest absolute Gasteiger partial charge is 0.384 e. The summed E-state index contributed by atoms with van der Waals surface area (Å²) in [5.41, 5.74) is 0. The Morgan fingerprint density at radius 1 is 1.33 bits per heavy atom. The summed E-state index contributed by atoms with van der Waals surface area (Å²) in [6, 6.07) is 0.374. The number of likely N-dealkylation sites (N-methyl/N-ethyl adjacent to an activating group) is 1. The fraction of sp³-hybridized carbons (Fsp3) is 0.875. The third-order valence-corrected chi connectivity index (χ3v) is 4.41. The second kappa shape index (κ2) is 11.1. The van der Waals surface area contributed by atoms with Gasteiger partial charge in [0.25, 0.3) is 0 Å². The van der Waals surface area contributed by atoms with E-state index in [0.29, 0.717) is 12.0 Å². The number of nitrogens with zero attached hydrogens (tertiary/aromatic N) is 3. The highest BCUT2D eigenvalue weighted by atomic mass is 127. The number of halogens is 1. The summed E-state index contributed by atoms with van der Waals surface area (Å²) in [6.07, 6.45) is 3.07. The summed E-state index contributed by atoms with van der Waals surface area (Å²) in [6.45, 7) is 4.42. The number of guanidine groups is 1. The number of hydrogen-bond acceptors (Lipinski definition) is 4. The van der Waals surface area contributed by atoms with Gasteiger partial charge in [-0.05, 0) is 19.3 Å². The van der Waals surface area contributed by atoms with Crippen molar-refractivity contribution in [3.63, 3.8) is 0 Å². The lowest BCUT2D eigenvalue weighted by molar-refractivity contribution is -0.127. The maximum atomic E-state index is 11.9. The van der Waals surface area contributed by atoms with Crippen LogP contribution in [0.1, 0.15) is 19.3 Å². The monoisotopic (exact) mass is 454 g/mol. The van der Waals surface area contributed by atoms with Crippen LogP contribution >= 0.6 is 24.0 Å². The third kappa shape index (κ3) is 6.72. The standard InChI is InChI=1S/C16H30N4O3.HI/c1-19(2)15(21)10-17-16(18-14-5-8-23-9-6-14)20-7-4-13(11-20)12-22-3;/h13-14H,4-12H2,1-3H3,(H,17,18);1H. The molecule has 24 heavy (non-hydrogen) atoms. The summed E-state index contributed by atoms with van der Waals surface area (Å²) in [7, 11) is 5.26. The first kappa shape index (κ1) is 21.4. The van der Waals surface area contributed by atoms with Crippen molar-refractivity contribution in [2.24, 2.45) is 10.9 Å². The molecule has 1 N–H and O–H groups in total. The van der Waals surface area contributed by atoms with E-state index in [9.17, 15) is 4.79 Å². The number of methoxy groups -OCH3 is 1. The maximum Gasteiger partial charge on any atom is 0.243 e. The number of nitrogens with one attached hydrogen (secondary N) is 1. The zero-order chi connectivity index (χ0) is 16.7. The van der Waals surface area contributed by atoms with Gasteiger partial charge in [-0.1, -0.05) is 0 Å². The van der Waals surface area contributed by atoms with Gasteiger partial charge in [0.05, 0.1) is 6.61 Å². The Kier molecular flexibility index (Phi) is 9.91. The number of carbonyl (C=O) groups excluding carboxylic acids is 1. The number of likely N-dealkylation sites (tertiary alicyclic amines) is 1. The summed E-state index contributed by atoms with van der Waals surface area (Å²) in [5.74, 6) is 1.40. The Morgan fingerprint density at radius 3 is 2.67 bits per heavy atom. The van der Waals surface area contributed by atoms with Crippen molar-refractivity contribution in [3.8, 4) is 0 Å². The molecule has 2 rings (SSSR count). The highest BCUT2D eigenvalue weighted by Gasteiger charge is 2.27. The van der Waals surface area contributed by atoms with Crippen LogP contribution in [0, 0.1) is 5.92 Å².